The van der Waals surface area contributed by atoms with Gasteiger partial charge < -0.3 is 0 Å². The van der Waals surface area contributed by atoms with Crippen LogP contribution >= 0.6 is 15.9 Å². The highest BCUT2D eigenvalue weighted by atomic mass is 79.9. The number of hydrogen-bond donors (Lipinski definition) is 2. The number of rotatable bonds is 0. The lowest BCUT2D eigenvalue weighted by Gasteiger charge is -2.27. The first-order chi connectivity index (χ1) is 5.88. The fraction of sp³-hybridized carbons (Fsp3) is 0.857. The van der Waals surface area contributed by atoms with E-state index in [1.807, 2.05) is 6.21 Å². The molecule has 0 amide bonds. The molecule has 0 radical (unpaired) electrons. The normalized spacial score (nSPS) is 41.9. The van der Waals surface area contributed by atoms with Gasteiger partial charge in [0.1, 0.15) is 6.10 Å². The number of halogens is 1. The summed E-state index contributed by atoms with van der Waals surface area (Å²) in [5.41, 5.74) is 5.71. The van der Waals surface area contributed by atoms with Crippen molar-refractivity contribution in [2.45, 2.75) is 17.4 Å². The molecule has 0 saturated carbocycles. The Hall–Kier alpha value is 0.0300. The molecular weight excluding hydrogens is 222 g/mol. The van der Waals surface area contributed by atoms with E-state index in [-0.39, 0.29) is 10.9 Å². The van der Waals surface area contributed by atoms with Crippen LogP contribution in [0.4, 0.5) is 0 Å². The Morgan fingerprint density at radius 3 is 3.42 bits per heavy atom. The molecule has 0 aromatic carbocycles. The maximum absolute atomic E-state index is 5.42. The third-order valence-corrected chi connectivity index (χ3v) is 3.03. The first kappa shape index (κ1) is 8.62. The Bertz CT molecular complexity index is 187. The van der Waals surface area contributed by atoms with E-state index in [4.69, 9.17) is 4.84 Å². The molecule has 5 heteroatoms. The Morgan fingerprint density at radius 2 is 2.50 bits per heavy atom. The third-order valence-electron chi connectivity index (χ3n) is 2.27. The summed E-state index contributed by atoms with van der Waals surface area (Å²) in [6.07, 6.45) is 3.23. The van der Waals surface area contributed by atoms with Gasteiger partial charge in [0, 0.05) is 25.2 Å². The second-order valence-electron chi connectivity index (χ2n) is 3.12. The fourth-order valence-corrected chi connectivity index (χ4v) is 2.29. The average molecular weight is 234 g/mol. The molecule has 1 saturated heterocycles. The molecule has 0 aromatic rings. The topological polar surface area (TPSA) is 45.7 Å². The summed E-state index contributed by atoms with van der Waals surface area (Å²) >= 11 is 3.52. The van der Waals surface area contributed by atoms with Gasteiger partial charge in [-0.1, -0.05) is 15.9 Å². The average Bonchev–Trinajstić information content (AvgIpc) is 2.30. The molecule has 3 unspecified atom stereocenters. The van der Waals surface area contributed by atoms with Gasteiger partial charge in [0.15, 0.2) is 0 Å². The van der Waals surface area contributed by atoms with Crippen molar-refractivity contribution in [2.75, 3.05) is 13.1 Å². The van der Waals surface area contributed by atoms with Crippen LogP contribution in [0.2, 0.25) is 0 Å². The van der Waals surface area contributed by atoms with E-state index in [0.717, 1.165) is 19.5 Å². The van der Waals surface area contributed by atoms with Gasteiger partial charge in [0.25, 0.3) is 0 Å². The molecule has 68 valence electrons. The van der Waals surface area contributed by atoms with E-state index in [0.29, 0.717) is 5.92 Å². The molecule has 0 aliphatic carbocycles. The van der Waals surface area contributed by atoms with Crippen molar-refractivity contribution in [3.8, 4) is 0 Å². The van der Waals surface area contributed by atoms with Crippen molar-refractivity contribution in [3.05, 3.63) is 0 Å². The highest BCUT2D eigenvalue weighted by Crippen LogP contribution is 2.23. The van der Waals surface area contributed by atoms with E-state index in [2.05, 4.69) is 31.9 Å². The summed E-state index contributed by atoms with van der Waals surface area (Å²) in [5, 5.41) is 0. The summed E-state index contributed by atoms with van der Waals surface area (Å²) in [4.78, 5) is 9.94. The number of aliphatic imine (C=N–C) groups is 1. The van der Waals surface area contributed by atoms with Crippen LogP contribution in [0.15, 0.2) is 4.99 Å². The van der Waals surface area contributed by atoms with Gasteiger partial charge in [0.2, 0.25) is 0 Å². The molecule has 2 N–H and O–H groups in total. The molecule has 0 aromatic heterocycles. The number of alkyl halides is 1. The maximum atomic E-state index is 5.42. The van der Waals surface area contributed by atoms with Crippen LogP contribution in [0.5, 0.6) is 0 Å². The van der Waals surface area contributed by atoms with Crippen LogP contribution in [-0.4, -0.2) is 30.2 Å². The maximum Gasteiger partial charge on any atom is 0.103 e. The highest BCUT2D eigenvalue weighted by molar-refractivity contribution is 9.10. The van der Waals surface area contributed by atoms with Crippen molar-refractivity contribution in [2.24, 2.45) is 10.9 Å². The number of nitrogens with one attached hydrogen (secondary N) is 2. The first-order valence-electron chi connectivity index (χ1n) is 4.15. The molecule has 3 atom stereocenters. The van der Waals surface area contributed by atoms with Gasteiger partial charge in [-0.2, -0.15) is 0 Å². The fourth-order valence-electron chi connectivity index (χ4n) is 1.58. The van der Waals surface area contributed by atoms with Crippen molar-refractivity contribution < 1.29 is 4.84 Å². The van der Waals surface area contributed by atoms with E-state index in [1.165, 1.54) is 0 Å². The van der Waals surface area contributed by atoms with Crippen LogP contribution < -0.4 is 11.0 Å². The summed E-state index contributed by atoms with van der Waals surface area (Å²) < 4.78 is 0. The second kappa shape index (κ2) is 3.83. The lowest BCUT2D eigenvalue weighted by Crippen LogP contribution is -2.41. The van der Waals surface area contributed by atoms with Gasteiger partial charge >= 0.3 is 0 Å². The quantitative estimate of drug-likeness (QED) is 0.590. The zero-order valence-corrected chi connectivity index (χ0v) is 8.25. The summed E-state index contributed by atoms with van der Waals surface area (Å²) in [5.74, 6) is 0.530. The summed E-state index contributed by atoms with van der Waals surface area (Å²) in [6.45, 7) is 1.83. The molecule has 2 aliphatic rings. The SMILES string of the molecule is BrC1C=NCC2CCNNOC12. The van der Waals surface area contributed by atoms with Crippen LogP contribution in [0.25, 0.3) is 0 Å². The zero-order valence-electron chi connectivity index (χ0n) is 6.66. The smallest absolute Gasteiger partial charge is 0.103 e. The third kappa shape index (κ3) is 1.69. The lowest BCUT2D eigenvalue weighted by molar-refractivity contribution is -0.0512. The molecule has 0 spiro atoms. The molecule has 2 rings (SSSR count). The Morgan fingerprint density at radius 1 is 1.58 bits per heavy atom. The minimum absolute atomic E-state index is 0.206. The molecule has 2 heterocycles. The molecule has 2 aliphatic heterocycles. The van der Waals surface area contributed by atoms with Gasteiger partial charge in [0.05, 0.1) is 4.83 Å². The minimum Gasteiger partial charge on any atom is -0.296 e. The van der Waals surface area contributed by atoms with Crippen molar-refractivity contribution in [1.82, 2.24) is 11.0 Å². The molecular formula is C7H12BrN3O. The second-order valence-corrected chi connectivity index (χ2v) is 4.18. The number of hydrogen-bond acceptors (Lipinski definition) is 4. The van der Waals surface area contributed by atoms with Crippen LogP contribution in [-0.2, 0) is 4.84 Å². The van der Waals surface area contributed by atoms with Crippen LogP contribution in [0, 0.1) is 5.92 Å². The molecule has 0 bridgehead atoms. The predicted molar refractivity (Wildman–Crippen MR) is 50.2 cm³/mol. The number of fused-ring (bicyclic) bond motifs is 1. The van der Waals surface area contributed by atoms with Crippen molar-refractivity contribution in [1.29, 1.82) is 0 Å². The number of hydrazine groups is 1. The molecule has 4 nitrogen and oxygen atoms in total. The summed E-state index contributed by atoms with van der Waals surface area (Å²) in [6, 6.07) is 0. The van der Waals surface area contributed by atoms with Gasteiger partial charge in [-0.05, 0) is 6.42 Å². The standard InChI is InChI=1S/C7H12BrN3O/c8-6-4-9-3-5-1-2-10-11-12-7(5)6/h4-7,10-11H,1-3H2. The largest absolute Gasteiger partial charge is 0.296 e. The minimum atomic E-state index is 0.206. The molecule has 12 heavy (non-hydrogen) atoms. The predicted octanol–water partition coefficient (Wildman–Crippen LogP) is 0.249. The van der Waals surface area contributed by atoms with Gasteiger partial charge in [-0.15, -0.1) is 5.59 Å². The van der Waals surface area contributed by atoms with Crippen LogP contribution in [0.1, 0.15) is 6.42 Å². The number of nitrogens with zero attached hydrogens (tertiary/aromatic N) is 1. The zero-order chi connectivity index (χ0) is 8.39. The Kier molecular flexibility index (Phi) is 2.75. The van der Waals surface area contributed by atoms with E-state index in [9.17, 15) is 0 Å². The van der Waals surface area contributed by atoms with Crippen molar-refractivity contribution >= 4 is 22.1 Å². The molecule has 1 fully saturated rings. The lowest BCUT2D eigenvalue weighted by atomic mass is 9.94. The van der Waals surface area contributed by atoms with E-state index < -0.39 is 0 Å². The first-order valence-corrected chi connectivity index (χ1v) is 5.07. The Balaban J connectivity index is 2.07. The van der Waals surface area contributed by atoms with Gasteiger partial charge in [-0.25, -0.2) is 5.43 Å². The van der Waals surface area contributed by atoms with Crippen molar-refractivity contribution in [3.63, 3.8) is 0 Å². The summed E-state index contributed by atoms with van der Waals surface area (Å²) in [7, 11) is 0. The highest BCUT2D eigenvalue weighted by Gasteiger charge is 2.32. The monoisotopic (exact) mass is 233 g/mol. The van der Waals surface area contributed by atoms with Gasteiger partial charge in [-0.3, -0.25) is 9.83 Å². The van der Waals surface area contributed by atoms with Crippen LogP contribution in [0.3, 0.4) is 0 Å². The Labute approximate surface area is 79.8 Å². The van der Waals surface area contributed by atoms with E-state index >= 15 is 0 Å². The van der Waals surface area contributed by atoms with E-state index in [1.54, 1.807) is 0 Å².